The Labute approximate surface area is 344 Å². The Morgan fingerprint density at radius 1 is 0.559 bits per heavy atom. The number of para-hydroxylation sites is 4. The van der Waals surface area contributed by atoms with Crippen LogP contribution in [-0.4, -0.2) is 15.5 Å². The summed E-state index contributed by atoms with van der Waals surface area (Å²) >= 11 is 0. The third-order valence-corrected chi connectivity index (χ3v) is 11.2. The maximum absolute atomic E-state index is 6.71. The molecule has 0 unspecified atom stereocenters. The van der Waals surface area contributed by atoms with E-state index in [1.807, 2.05) is 12.4 Å². The van der Waals surface area contributed by atoms with Gasteiger partial charge in [-0.3, -0.25) is 4.57 Å². The van der Waals surface area contributed by atoms with Crippen LogP contribution < -0.4 is 9.30 Å². The lowest BCUT2D eigenvalue weighted by atomic mass is 9.95. The lowest BCUT2D eigenvalue weighted by molar-refractivity contribution is -0.566. The molecule has 2 aromatic heterocycles. The number of nitrogens with zero attached hydrogens (tertiary/aromatic N) is 4. The second kappa shape index (κ2) is 15.1. The molecule has 10 aromatic rings. The Morgan fingerprint density at radius 2 is 1.20 bits per heavy atom. The Hall–Kier alpha value is -7.50. The van der Waals surface area contributed by atoms with E-state index in [1.165, 1.54) is 16.5 Å². The monoisotopic (exact) mass is 763 g/mol. The predicted octanol–water partition coefficient (Wildman–Crippen LogP) is 13.8. The van der Waals surface area contributed by atoms with Gasteiger partial charge in [0.15, 0.2) is 11.0 Å². The van der Waals surface area contributed by atoms with Crippen LogP contribution in [-0.2, 0) is 0 Å². The molecule has 0 saturated carbocycles. The SMILES string of the molecule is Cc1ccc(/N=C/n2c3ccccc3c3ccc(Oc4cccc(-n5c[n+](-c6c(-c7ccccc7)cccc6-c6ccccc6)c6ccccc65)c4)cc32)c(C(C)C)c1. The molecule has 5 heteroatoms. The molecule has 0 atom stereocenters. The average Bonchev–Trinajstić information content (AvgIpc) is 3.82. The molecule has 10 rings (SSSR count). The lowest BCUT2D eigenvalue weighted by Crippen LogP contribution is -2.30. The summed E-state index contributed by atoms with van der Waals surface area (Å²) in [4.78, 5) is 5.06. The van der Waals surface area contributed by atoms with Crippen molar-refractivity contribution in [2.45, 2.75) is 26.7 Å². The van der Waals surface area contributed by atoms with Crippen LogP contribution in [0.4, 0.5) is 5.69 Å². The fraction of sp³-hybridized carbons (Fsp3) is 0.0741. The zero-order chi connectivity index (χ0) is 39.9. The number of benzene rings is 8. The second-order valence-corrected chi connectivity index (χ2v) is 15.4. The fourth-order valence-electron chi connectivity index (χ4n) is 8.37. The number of fused-ring (bicyclic) bond motifs is 4. The van der Waals surface area contributed by atoms with Crippen molar-refractivity contribution in [2.24, 2.45) is 4.99 Å². The summed E-state index contributed by atoms with van der Waals surface area (Å²) in [5.41, 5.74) is 14.6. The van der Waals surface area contributed by atoms with Gasteiger partial charge in [0, 0.05) is 34.0 Å². The number of ether oxygens (including phenoxy) is 1. The van der Waals surface area contributed by atoms with Crippen molar-refractivity contribution >= 4 is 44.9 Å². The molecule has 0 aliphatic heterocycles. The first-order valence-corrected chi connectivity index (χ1v) is 20.2. The van der Waals surface area contributed by atoms with Gasteiger partial charge in [-0.2, -0.15) is 9.13 Å². The van der Waals surface area contributed by atoms with E-state index in [-0.39, 0.29) is 0 Å². The third kappa shape index (κ3) is 6.67. The zero-order valence-corrected chi connectivity index (χ0v) is 33.3. The van der Waals surface area contributed by atoms with E-state index >= 15 is 0 Å². The van der Waals surface area contributed by atoms with Gasteiger partial charge in [0.25, 0.3) is 6.33 Å². The van der Waals surface area contributed by atoms with Crippen molar-refractivity contribution in [1.29, 1.82) is 0 Å². The van der Waals surface area contributed by atoms with Crippen LogP contribution >= 0.6 is 0 Å². The van der Waals surface area contributed by atoms with Crippen LogP contribution in [0.15, 0.2) is 199 Å². The first-order valence-electron chi connectivity index (χ1n) is 20.2. The van der Waals surface area contributed by atoms with Gasteiger partial charge in [-0.1, -0.05) is 147 Å². The van der Waals surface area contributed by atoms with Gasteiger partial charge in [-0.05, 0) is 78.1 Å². The summed E-state index contributed by atoms with van der Waals surface area (Å²) in [6, 6.07) is 66.1. The molecule has 0 aliphatic rings. The number of hydrogen-bond acceptors (Lipinski definition) is 2. The average molecular weight is 764 g/mol. The minimum absolute atomic E-state index is 0.363. The van der Waals surface area contributed by atoms with Gasteiger partial charge in [-0.15, -0.1) is 0 Å². The summed E-state index contributed by atoms with van der Waals surface area (Å²) in [7, 11) is 0. The summed E-state index contributed by atoms with van der Waals surface area (Å²) in [6.07, 6.45) is 4.16. The van der Waals surface area contributed by atoms with E-state index in [4.69, 9.17) is 9.73 Å². The van der Waals surface area contributed by atoms with E-state index in [9.17, 15) is 0 Å². The highest BCUT2D eigenvalue weighted by atomic mass is 16.5. The zero-order valence-electron chi connectivity index (χ0n) is 33.3. The summed E-state index contributed by atoms with van der Waals surface area (Å²) in [6.45, 7) is 6.57. The Morgan fingerprint density at radius 3 is 1.95 bits per heavy atom. The quantitative estimate of drug-likeness (QED) is 0.0819. The Kier molecular flexibility index (Phi) is 9.19. The molecule has 0 spiro atoms. The molecule has 0 saturated heterocycles. The Bertz CT molecular complexity index is 3120. The van der Waals surface area contributed by atoms with Crippen LogP contribution in [0.1, 0.15) is 30.9 Å². The number of aliphatic imine (C=N–C) groups is 1. The van der Waals surface area contributed by atoms with E-state index in [1.54, 1.807) is 0 Å². The van der Waals surface area contributed by atoms with Gasteiger partial charge < -0.3 is 4.74 Å². The van der Waals surface area contributed by atoms with Crippen molar-refractivity contribution in [3.8, 4) is 45.1 Å². The molecular formula is C54H43N4O+. The van der Waals surface area contributed by atoms with Crippen LogP contribution in [0.5, 0.6) is 11.5 Å². The first kappa shape index (κ1) is 35.9. The molecule has 0 amide bonds. The molecule has 284 valence electrons. The molecule has 0 fully saturated rings. The maximum atomic E-state index is 6.71. The van der Waals surface area contributed by atoms with Crippen LogP contribution in [0.2, 0.25) is 0 Å². The highest BCUT2D eigenvalue weighted by Crippen LogP contribution is 2.36. The normalized spacial score (nSPS) is 11.7. The van der Waals surface area contributed by atoms with Gasteiger partial charge >= 0.3 is 0 Å². The molecule has 5 nitrogen and oxygen atoms in total. The largest absolute Gasteiger partial charge is 0.457 e. The molecule has 0 N–H and O–H groups in total. The number of rotatable bonds is 9. The van der Waals surface area contributed by atoms with Gasteiger partial charge in [0.2, 0.25) is 0 Å². The Balaban J connectivity index is 1.06. The molecule has 59 heavy (non-hydrogen) atoms. The standard InChI is InChI=1S/C54H43N4O/c1-37(2)48-32-38(3)28-31-49(48)55-35-56-50-25-11-10-22-46(50)47-30-29-43(34-53(47)56)59-42-21-14-20-41(33-42)57-36-58(52-27-13-12-26-51(52)57)54-44(39-16-6-4-7-17-39)23-15-24-45(54)40-18-8-5-9-19-40/h4-37H,1-3H3/q+1/b55-35+. The maximum Gasteiger partial charge on any atom is 0.255 e. The van der Waals surface area contributed by atoms with Crippen LogP contribution in [0.25, 0.3) is 66.5 Å². The summed E-state index contributed by atoms with van der Waals surface area (Å²) in [5.74, 6) is 1.86. The molecule has 0 aliphatic carbocycles. The van der Waals surface area contributed by atoms with E-state index in [0.717, 1.165) is 78.3 Å². The number of aromatic nitrogens is 3. The molecule has 0 bridgehead atoms. The fourth-order valence-corrected chi connectivity index (χ4v) is 8.37. The van der Waals surface area contributed by atoms with Gasteiger partial charge in [-0.25, -0.2) is 4.99 Å². The molecule has 8 aromatic carbocycles. The summed E-state index contributed by atoms with van der Waals surface area (Å²) in [5, 5.41) is 2.32. The van der Waals surface area contributed by atoms with Crippen molar-refractivity contribution in [2.75, 3.05) is 0 Å². The molecule has 2 heterocycles. The van der Waals surface area contributed by atoms with Crippen molar-refractivity contribution in [3.05, 3.63) is 206 Å². The minimum atomic E-state index is 0.363. The van der Waals surface area contributed by atoms with Crippen LogP contribution in [0, 0.1) is 6.92 Å². The first-order chi connectivity index (χ1) is 29.0. The number of hydrogen-bond donors (Lipinski definition) is 0. The van der Waals surface area contributed by atoms with E-state index in [0.29, 0.717) is 5.92 Å². The van der Waals surface area contributed by atoms with Crippen molar-refractivity contribution < 1.29 is 9.30 Å². The number of aryl methyl sites for hydroxylation is 1. The highest BCUT2D eigenvalue weighted by molar-refractivity contribution is 6.11. The minimum Gasteiger partial charge on any atom is -0.457 e. The second-order valence-electron chi connectivity index (χ2n) is 15.4. The van der Waals surface area contributed by atoms with Crippen molar-refractivity contribution in [1.82, 2.24) is 9.13 Å². The van der Waals surface area contributed by atoms with E-state index < -0.39 is 0 Å². The van der Waals surface area contributed by atoms with Gasteiger partial charge in [0.1, 0.15) is 29.2 Å². The topological polar surface area (TPSA) is 35.3 Å². The number of imidazole rings is 1. The van der Waals surface area contributed by atoms with Crippen molar-refractivity contribution in [3.63, 3.8) is 0 Å². The smallest absolute Gasteiger partial charge is 0.255 e. The molecular weight excluding hydrogens is 721 g/mol. The molecule has 0 radical (unpaired) electrons. The van der Waals surface area contributed by atoms with Gasteiger partial charge in [0.05, 0.1) is 16.7 Å². The lowest BCUT2D eigenvalue weighted by Gasteiger charge is -2.13. The third-order valence-electron chi connectivity index (χ3n) is 11.2. The summed E-state index contributed by atoms with van der Waals surface area (Å²) < 4.78 is 13.5. The highest BCUT2D eigenvalue weighted by Gasteiger charge is 2.25. The van der Waals surface area contributed by atoms with E-state index in [2.05, 4.69) is 223 Å². The predicted molar refractivity (Wildman–Crippen MR) is 244 cm³/mol. The van der Waals surface area contributed by atoms with Crippen LogP contribution in [0.3, 0.4) is 0 Å².